The third-order valence-electron chi connectivity index (χ3n) is 2.29. The number of methoxy groups -OCH3 is 1. The second-order valence-electron chi connectivity index (χ2n) is 3.32. The lowest BCUT2D eigenvalue weighted by Gasteiger charge is -1.97. The maximum absolute atomic E-state index is 11.6. The van der Waals surface area contributed by atoms with Gasteiger partial charge in [0, 0.05) is 12.7 Å². The standard InChI is InChI=1S/C11H13N3O2/c1-3-12-10(15)9-6-7-8(14-9)4-5-13-11(7)16-2/h4-6,14H,3H2,1-2H3,(H,12,15). The van der Waals surface area contributed by atoms with Gasteiger partial charge in [0.2, 0.25) is 5.88 Å². The second-order valence-corrected chi connectivity index (χ2v) is 3.32. The second kappa shape index (κ2) is 4.22. The number of hydrogen-bond acceptors (Lipinski definition) is 3. The van der Waals surface area contributed by atoms with E-state index in [0.29, 0.717) is 18.1 Å². The van der Waals surface area contributed by atoms with Gasteiger partial charge in [0.15, 0.2) is 0 Å². The Balaban J connectivity index is 2.47. The highest BCUT2D eigenvalue weighted by Crippen LogP contribution is 2.23. The van der Waals surface area contributed by atoms with Gasteiger partial charge in [0.25, 0.3) is 5.91 Å². The summed E-state index contributed by atoms with van der Waals surface area (Å²) in [4.78, 5) is 18.7. The van der Waals surface area contributed by atoms with Crippen molar-refractivity contribution >= 4 is 16.8 Å². The molecule has 0 aliphatic heterocycles. The molecule has 2 N–H and O–H groups in total. The summed E-state index contributed by atoms with van der Waals surface area (Å²) in [5, 5.41) is 3.54. The number of nitrogens with one attached hydrogen (secondary N) is 2. The number of aromatic amines is 1. The first-order chi connectivity index (χ1) is 7.76. The number of carbonyl (C=O) groups excluding carboxylic acids is 1. The van der Waals surface area contributed by atoms with Gasteiger partial charge in [-0.1, -0.05) is 0 Å². The zero-order valence-corrected chi connectivity index (χ0v) is 9.20. The van der Waals surface area contributed by atoms with E-state index in [4.69, 9.17) is 4.74 Å². The van der Waals surface area contributed by atoms with Gasteiger partial charge in [0.05, 0.1) is 18.0 Å². The van der Waals surface area contributed by atoms with Gasteiger partial charge >= 0.3 is 0 Å². The molecular weight excluding hydrogens is 206 g/mol. The molecule has 0 fully saturated rings. The number of H-pyrrole nitrogens is 1. The largest absolute Gasteiger partial charge is 0.481 e. The fourth-order valence-electron chi connectivity index (χ4n) is 1.57. The first-order valence-corrected chi connectivity index (χ1v) is 5.06. The number of amides is 1. The van der Waals surface area contributed by atoms with E-state index < -0.39 is 0 Å². The molecule has 5 heteroatoms. The molecule has 0 saturated heterocycles. The average Bonchev–Trinajstić information content (AvgIpc) is 2.72. The maximum Gasteiger partial charge on any atom is 0.267 e. The first kappa shape index (κ1) is 10.5. The molecule has 0 radical (unpaired) electrons. The predicted octanol–water partition coefficient (Wildman–Crippen LogP) is 1.32. The summed E-state index contributed by atoms with van der Waals surface area (Å²) in [5.74, 6) is 0.394. The highest BCUT2D eigenvalue weighted by molar-refractivity contribution is 5.99. The molecule has 0 atom stereocenters. The minimum absolute atomic E-state index is 0.124. The van der Waals surface area contributed by atoms with Crippen molar-refractivity contribution in [3.05, 3.63) is 24.0 Å². The van der Waals surface area contributed by atoms with Crippen LogP contribution in [-0.4, -0.2) is 29.5 Å². The van der Waals surface area contributed by atoms with Gasteiger partial charge in [-0.25, -0.2) is 4.98 Å². The van der Waals surface area contributed by atoms with Crippen LogP contribution in [0.5, 0.6) is 5.88 Å². The predicted molar refractivity (Wildman–Crippen MR) is 60.7 cm³/mol. The van der Waals surface area contributed by atoms with Gasteiger partial charge in [-0.05, 0) is 19.1 Å². The monoisotopic (exact) mass is 219 g/mol. The Morgan fingerprint density at radius 2 is 2.44 bits per heavy atom. The molecule has 2 rings (SSSR count). The molecule has 2 aromatic heterocycles. The number of rotatable bonds is 3. The van der Waals surface area contributed by atoms with Gasteiger partial charge in [-0.15, -0.1) is 0 Å². The third kappa shape index (κ3) is 1.71. The lowest BCUT2D eigenvalue weighted by atomic mass is 10.3. The molecule has 1 amide bonds. The molecule has 0 unspecified atom stereocenters. The SMILES string of the molecule is CCNC(=O)c1cc2c(OC)nccc2[nH]1. The van der Waals surface area contributed by atoms with Crippen LogP contribution in [0.1, 0.15) is 17.4 Å². The Morgan fingerprint density at radius 1 is 1.62 bits per heavy atom. The van der Waals surface area contributed by atoms with Crippen molar-refractivity contribution in [1.29, 1.82) is 0 Å². The fraction of sp³-hybridized carbons (Fsp3) is 0.273. The van der Waals surface area contributed by atoms with Gasteiger partial charge < -0.3 is 15.0 Å². The minimum atomic E-state index is -0.124. The van der Waals surface area contributed by atoms with Crippen LogP contribution in [0.25, 0.3) is 10.9 Å². The topological polar surface area (TPSA) is 67.0 Å². The number of aromatic nitrogens is 2. The molecular formula is C11H13N3O2. The minimum Gasteiger partial charge on any atom is -0.481 e. The van der Waals surface area contributed by atoms with E-state index in [9.17, 15) is 4.79 Å². The number of pyridine rings is 1. The highest BCUT2D eigenvalue weighted by Gasteiger charge is 2.11. The Hall–Kier alpha value is -2.04. The van der Waals surface area contributed by atoms with Crippen LogP contribution in [-0.2, 0) is 0 Å². The summed E-state index contributed by atoms with van der Waals surface area (Å²) in [6, 6.07) is 3.55. The van der Waals surface area contributed by atoms with E-state index in [1.807, 2.05) is 6.92 Å². The maximum atomic E-state index is 11.6. The highest BCUT2D eigenvalue weighted by atomic mass is 16.5. The first-order valence-electron chi connectivity index (χ1n) is 5.06. The van der Waals surface area contributed by atoms with Gasteiger partial charge in [-0.2, -0.15) is 0 Å². The Morgan fingerprint density at radius 3 is 3.12 bits per heavy atom. The number of ether oxygens (including phenoxy) is 1. The van der Waals surface area contributed by atoms with Crippen LogP contribution in [0.2, 0.25) is 0 Å². The molecule has 16 heavy (non-hydrogen) atoms. The number of carbonyl (C=O) groups is 1. The van der Waals surface area contributed by atoms with Gasteiger partial charge in [-0.3, -0.25) is 4.79 Å². The van der Waals surface area contributed by atoms with E-state index in [2.05, 4.69) is 15.3 Å². The molecule has 0 aromatic carbocycles. The molecule has 84 valence electrons. The summed E-state index contributed by atoms with van der Waals surface area (Å²) in [5.41, 5.74) is 1.36. The van der Waals surface area contributed by atoms with E-state index in [1.165, 1.54) is 0 Å². The molecule has 5 nitrogen and oxygen atoms in total. The third-order valence-corrected chi connectivity index (χ3v) is 2.29. The van der Waals surface area contributed by atoms with E-state index in [0.717, 1.165) is 10.9 Å². The van der Waals surface area contributed by atoms with Crippen LogP contribution in [0.15, 0.2) is 18.3 Å². The summed E-state index contributed by atoms with van der Waals surface area (Å²) in [7, 11) is 1.56. The van der Waals surface area contributed by atoms with Crippen LogP contribution >= 0.6 is 0 Å². The van der Waals surface area contributed by atoms with Crippen LogP contribution in [0.4, 0.5) is 0 Å². The van der Waals surface area contributed by atoms with Crippen LogP contribution in [0.3, 0.4) is 0 Å². The zero-order valence-electron chi connectivity index (χ0n) is 9.20. The van der Waals surface area contributed by atoms with Crippen molar-refractivity contribution in [3.8, 4) is 5.88 Å². The average molecular weight is 219 g/mol. The van der Waals surface area contributed by atoms with Crippen molar-refractivity contribution in [3.63, 3.8) is 0 Å². The molecule has 2 heterocycles. The van der Waals surface area contributed by atoms with Crippen molar-refractivity contribution in [1.82, 2.24) is 15.3 Å². The summed E-state index contributed by atoms with van der Waals surface area (Å²) < 4.78 is 5.12. The van der Waals surface area contributed by atoms with Crippen molar-refractivity contribution < 1.29 is 9.53 Å². The van der Waals surface area contributed by atoms with E-state index in [1.54, 1.807) is 25.4 Å². The molecule has 0 saturated carbocycles. The number of hydrogen-bond donors (Lipinski definition) is 2. The molecule has 0 spiro atoms. The summed E-state index contributed by atoms with van der Waals surface area (Å²) in [6.45, 7) is 2.48. The molecule has 0 bridgehead atoms. The fourth-order valence-corrected chi connectivity index (χ4v) is 1.57. The molecule has 0 aliphatic carbocycles. The van der Waals surface area contributed by atoms with Crippen molar-refractivity contribution in [2.24, 2.45) is 0 Å². The quantitative estimate of drug-likeness (QED) is 0.818. The Kier molecular flexibility index (Phi) is 2.76. The van der Waals surface area contributed by atoms with Gasteiger partial charge in [0.1, 0.15) is 5.69 Å². The normalized spacial score (nSPS) is 10.4. The van der Waals surface area contributed by atoms with Crippen LogP contribution < -0.4 is 10.1 Å². The summed E-state index contributed by atoms with van der Waals surface area (Å²) >= 11 is 0. The van der Waals surface area contributed by atoms with Crippen molar-refractivity contribution in [2.75, 3.05) is 13.7 Å². The smallest absolute Gasteiger partial charge is 0.267 e. The van der Waals surface area contributed by atoms with E-state index >= 15 is 0 Å². The lowest BCUT2D eigenvalue weighted by Crippen LogP contribution is -2.22. The Bertz CT molecular complexity index is 519. The number of fused-ring (bicyclic) bond motifs is 1. The molecule has 2 aromatic rings. The van der Waals surface area contributed by atoms with Crippen molar-refractivity contribution in [2.45, 2.75) is 6.92 Å². The Labute approximate surface area is 92.8 Å². The number of nitrogens with zero attached hydrogens (tertiary/aromatic N) is 1. The zero-order chi connectivity index (χ0) is 11.5. The van der Waals surface area contributed by atoms with E-state index in [-0.39, 0.29) is 5.91 Å². The lowest BCUT2D eigenvalue weighted by molar-refractivity contribution is 0.0951. The van der Waals surface area contributed by atoms with Crippen LogP contribution in [0, 0.1) is 0 Å². The molecule has 0 aliphatic rings. The summed E-state index contributed by atoms with van der Waals surface area (Å²) in [6.07, 6.45) is 1.64.